The van der Waals surface area contributed by atoms with Crippen LogP contribution in [0.25, 0.3) is 0 Å². The maximum Gasteiger partial charge on any atom is 0.454 e. The summed E-state index contributed by atoms with van der Waals surface area (Å²) < 4.78 is 6.49. The Bertz CT molecular complexity index is 503. The molecule has 5 heteroatoms. The van der Waals surface area contributed by atoms with Crippen LogP contribution in [0.1, 0.15) is 0 Å². The van der Waals surface area contributed by atoms with Gasteiger partial charge in [-0.05, 0) is 24.4 Å². The Kier molecular flexibility index (Phi) is 2.87. The van der Waals surface area contributed by atoms with Gasteiger partial charge in [-0.2, -0.15) is 0 Å². The highest BCUT2D eigenvalue weighted by molar-refractivity contribution is 7.82. The van der Waals surface area contributed by atoms with E-state index in [9.17, 15) is 4.79 Å². The second-order valence-electron chi connectivity index (χ2n) is 3.11. The summed E-state index contributed by atoms with van der Waals surface area (Å²) in [4.78, 5) is 15.5. The zero-order valence-corrected chi connectivity index (χ0v) is 9.40. The number of ether oxygens (including phenoxy) is 1. The third-order valence-electron chi connectivity index (χ3n) is 2.16. The number of carbonyl (C=O) groups excluding carboxylic acids is 1. The smallest absolute Gasteiger partial charge is 0.454 e. The van der Waals surface area contributed by atoms with E-state index in [-0.39, 0.29) is 10.9 Å². The Morgan fingerprint density at radius 2 is 2.00 bits per heavy atom. The van der Waals surface area contributed by atoms with Crippen LogP contribution >= 0.6 is 12.2 Å². The van der Waals surface area contributed by atoms with Crippen molar-refractivity contribution in [2.24, 2.45) is 4.99 Å². The van der Waals surface area contributed by atoms with E-state index < -0.39 is 0 Å². The summed E-state index contributed by atoms with van der Waals surface area (Å²) in [5.41, 5.74) is 0.735. The van der Waals surface area contributed by atoms with E-state index in [1.807, 2.05) is 0 Å². The van der Waals surface area contributed by atoms with Gasteiger partial charge in [0.2, 0.25) is 10.7 Å². The van der Waals surface area contributed by atoms with Crippen LogP contribution in [0.5, 0.6) is 5.75 Å². The van der Waals surface area contributed by atoms with Gasteiger partial charge in [0.1, 0.15) is 5.75 Å². The number of aliphatic imine (C=N–C) groups is 1. The topological polar surface area (TPSA) is 41.7 Å². The molecule has 0 fully saturated rings. The number of rotatable bonds is 2. The van der Waals surface area contributed by atoms with Crippen molar-refractivity contribution >= 4 is 41.2 Å². The Hall–Kier alpha value is -1.88. The molecule has 1 aliphatic rings. The van der Waals surface area contributed by atoms with Crippen LogP contribution in [0.4, 0.5) is 5.69 Å². The Labute approximate surface area is 97.9 Å². The van der Waals surface area contributed by atoms with Crippen LogP contribution in [-0.4, -0.2) is 35.0 Å². The monoisotopic (exact) mass is 233 g/mol. The molecular weight excluding hydrogens is 224 g/mol. The molecule has 1 aromatic rings. The predicted octanol–water partition coefficient (Wildman–Crippen LogP) is 1.35. The summed E-state index contributed by atoms with van der Waals surface area (Å²) >= 11 is 4.82. The zero-order chi connectivity index (χ0) is 11.5. The van der Waals surface area contributed by atoms with E-state index >= 15 is 0 Å². The Morgan fingerprint density at radius 3 is 2.62 bits per heavy atom. The fourth-order valence-corrected chi connectivity index (χ4v) is 1.50. The lowest BCUT2D eigenvalue weighted by molar-refractivity contribution is -0.351. The third kappa shape index (κ3) is 1.90. The van der Waals surface area contributed by atoms with Crippen molar-refractivity contribution in [2.45, 2.75) is 0 Å². The van der Waals surface area contributed by atoms with E-state index in [1.165, 1.54) is 10.8 Å². The molecule has 0 saturated heterocycles. The van der Waals surface area contributed by atoms with E-state index in [0.29, 0.717) is 0 Å². The van der Waals surface area contributed by atoms with Crippen LogP contribution < -0.4 is 4.74 Å². The summed E-state index contributed by atoms with van der Waals surface area (Å²) in [6.45, 7) is 0. The van der Waals surface area contributed by atoms with E-state index in [0.717, 1.165) is 11.4 Å². The number of nitrogens with zero attached hydrogens (tertiary/aromatic N) is 2. The van der Waals surface area contributed by atoms with Gasteiger partial charge < -0.3 is 4.74 Å². The predicted molar refractivity (Wildman–Crippen MR) is 65.1 cm³/mol. The lowest BCUT2D eigenvalue weighted by atomic mass is 10.3. The molecule has 0 spiro atoms. The summed E-state index contributed by atoms with van der Waals surface area (Å²) in [6.07, 6.45) is 3.09. The molecule has 0 atom stereocenters. The molecule has 1 aromatic carbocycles. The number of thiocarbonyl (C=S) groups is 1. The first-order chi connectivity index (χ1) is 7.72. The van der Waals surface area contributed by atoms with Gasteiger partial charge in [0, 0.05) is 12.1 Å². The summed E-state index contributed by atoms with van der Waals surface area (Å²) in [7, 11) is 1.59. The largest absolute Gasteiger partial charge is 0.497 e. The minimum Gasteiger partial charge on any atom is -0.497 e. The summed E-state index contributed by atoms with van der Waals surface area (Å²) in [6, 6.07) is 7.14. The number of carbonyl (C=O) groups is 1. The lowest BCUT2D eigenvalue weighted by Gasteiger charge is -2.02. The van der Waals surface area contributed by atoms with Gasteiger partial charge in [0.05, 0.1) is 13.3 Å². The Balaban J connectivity index is 2.37. The van der Waals surface area contributed by atoms with Crippen molar-refractivity contribution in [1.82, 2.24) is 0 Å². The molecule has 2 rings (SSSR count). The van der Waals surface area contributed by atoms with Crippen LogP contribution in [0.15, 0.2) is 29.3 Å². The molecule has 1 aliphatic heterocycles. The average Bonchev–Trinajstić information content (AvgIpc) is 2.33. The lowest BCUT2D eigenvalue weighted by Crippen LogP contribution is -2.27. The molecule has 0 radical (unpaired) electrons. The molecule has 0 saturated carbocycles. The van der Waals surface area contributed by atoms with E-state index in [4.69, 9.17) is 17.0 Å². The second-order valence-corrected chi connectivity index (χ2v) is 3.49. The quantitative estimate of drug-likeness (QED) is 0.572. The molecule has 1 heterocycles. The highest BCUT2D eigenvalue weighted by Crippen LogP contribution is 2.18. The van der Waals surface area contributed by atoms with Crippen molar-refractivity contribution < 1.29 is 14.1 Å². The number of hydrogen-bond acceptors (Lipinski definition) is 3. The molecule has 0 N–H and O–H groups in total. The summed E-state index contributed by atoms with van der Waals surface area (Å²) in [5.74, 6) is 0.451. The van der Waals surface area contributed by atoms with Crippen molar-refractivity contribution in [3.8, 4) is 5.75 Å². The van der Waals surface area contributed by atoms with Gasteiger partial charge in [0.25, 0.3) is 0 Å². The zero-order valence-electron chi connectivity index (χ0n) is 8.58. The van der Waals surface area contributed by atoms with Crippen LogP contribution in [-0.2, 0) is 4.79 Å². The van der Waals surface area contributed by atoms with Crippen molar-refractivity contribution in [2.75, 3.05) is 7.11 Å². The van der Waals surface area contributed by atoms with Crippen LogP contribution in [0, 0.1) is 0 Å². The number of benzene rings is 1. The molecular formula is C11H9N2O2S+. The number of amides is 1. The fraction of sp³-hybridized carbons (Fsp3) is 0.0909. The van der Waals surface area contributed by atoms with Crippen molar-refractivity contribution in [3.05, 3.63) is 24.3 Å². The molecule has 0 aliphatic carbocycles. The standard InChI is InChI=1S/C11H9N2O2S/c1-15-9-4-2-8(3-5-9)13-7-6-12-10(16)11(13)14/h2-7H,1H3/q+1. The van der Waals surface area contributed by atoms with Gasteiger partial charge in [-0.15, -0.1) is 4.58 Å². The summed E-state index contributed by atoms with van der Waals surface area (Å²) in [5, 5.41) is 0. The SMILES string of the molecule is COc1ccc([N+]2=CC=NC(=S)C2=O)cc1. The van der Waals surface area contributed by atoms with Gasteiger partial charge in [-0.3, -0.25) is 0 Å². The Morgan fingerprint density at radius 1 is 1.31 bits per heavy atom. The maximum absolute atomic E-state index is 11.7. The van der Waals surface area contributed by atoms with Gasteiger partial charge >= 0.3 is 5.91 Å². The van der Waals surface area contributed by atoms with Gasteiger partial charge in [0.15, 0.2) is 6.21 Å². The van der Waals surface area contributed by atoms with Crippen LogP contribution in [0.3, 0.4) is 0 Å². The molecule has 1 amide bonds. The highest BCUT2D eigenvalue weighted by Gasteiger charge is 2.27. The first kappa shape index (κ1) is 10.6. The van der Waals surface area contributed by atoms with Gasteiger partial charge in [-0.1, -0.05) is 0 Å². The second kappa shape index (κ2) is 4.32. The highest BCUT2D eigenvalue weighted by atomic mass is 32.1. The van der Waals surface area contributed by atoms with Crippen LogP contribution in [0.2, 0.25) is 0 Å². The minimum absolute atomic E-state index is 0.0679. The number of hydrogen-bond donors (Lipinski definition) is 0. The molecule has 16 heavy (non-hydrogen) atoms. The number of methoxy groups -OCH3 is 1. The first-order valence-electron chi connectivity index (χ1n) is 4.61. The maximum atomic E-state index is 11.7. The molecule has 80 valence electrons. The normalized spacial score (nSPS) is 14.9. The molecule has 0 aromatic heterocycles. The average molecular weight is 233 g/mol. The molecule has 0 bridgehead atoms. The van der Waals surface area contributed by atoms with E-state index in [2.05, 4.69) is 4.99 Å². The van der Waals surface area contributed by atoms with E-state index in [1.54, 1.807) is 37.6 Å². The first-order valence-corrected chi connectivity index (χ1v) is 5.02. The fourth-order valence-electron chi connectivity index (χ4n) is 1.34. The van der Waals surface area contributed by atoms with Gasteiger partial charge in [-0.25, -0.2) is 9.79 Å². The van der Waals surface area contributed by atoms with Crippen molar-refractivity contribution in [1.29, 1.82) is 0 Å². The molecule has 4 nitrogen and oxygen atoms in total. The minimum atomic E-state index is -0.289. The molecule has 0 unspecified atom stereocenters. The van der Waals surface area contributed by atoms with Crippen molar-refractivity contribution in [3.63, 3.8) is 0 Å². The third-order valence-corrected chi connectivity index (χ3v) is 2.44.